The lowest BCUT2D eigenvalue weighted by atomic mass is 10.0. The van der Waals surface area contributed by atoms with Crippen molar-refractivity contribution in [1.29, 1.82) is 0 Å². The second-order valence-corrected chi connectivity index (χ2v) is 8.18. The van der Waals surface area contributed by atoms with E-state index in [1.807, 2.05) is 35.0 Å². The average molecular weight is 427 g/mol. The molecule has 0 unspecified atom stereocenters. The third kappa shape index (κ3) is 2.91. The largest absolute Gasteiger partial charge is 0.332 e. The number of aromatic nitrogens is 5. The van der Waals surface area contributed by atoms with Crippen molar-refractivity contribution in [2.75, 3.05) is 0 Å². The number of pyridine rings is 1. The van der Waals surface area contributed by atoms with Crippen molar-refractivity contribution in [1.82, 2.24) is 24.5 Å². The molecule has 6 aromatic rings. The summed E-state index contributed by atoms with van der Waals surface area (Å²) < 4.78 is 15.9. The van der Waals surface area contributed by atoms with Crippen LogP contribution in [0, 0.1) is 5.82 Å². The number of fused-ring (bicyclic) bond motifs is 6. The molecular weight excluding hydrogens is 413 g/mol. The Hall–Kier alpha value is -3.91. The highest BCUT2D eigenvalue weighted by molar-refractivity contribution is 7.99. The van der Waals surface area contributed by atoms with Gasteiger partial charge in [0.1, 0.15) is 5.82 Å². The van der Waals surface area contributed by atoms with E-state index in [9.17, 15) is 9.18 Å². The number of halogens is 1. The number of aromatic amines is 2. The first-order chi connectivity index (χ1) is 15.2. The summed E-state index contributed by atoms with van der Waals surface area (Å²) in [4.78, 5) is 28.4. The van der Waals surface area contributed by atoms with E-state index in [0.29, 0.717) is 26.8 Å². The number of nitrogens with zero attached hydrogens (tertiary/aromatic N) is 3. The second-order valence-electron chi connectivity index (χ2n) is 7.12. The summed E-state index contributed by atoms with van der Waals surface area (Å²) in [5.41, 5.74) is 2.23. The Kier molecular flexibility index (Phi) is 3.94. The van der Waals surface area contributed by atoms with E-state index in [-0.39, 0.29) is 11.4 Å². The van der Waals surface area contributed by atoms with Gasteiger partial charge in [-0.25, -0.2) is 14.4 Å². The van der Waals surface area contributed by atoms with Gasteiger partial charge in [-0.05, 0) is 48.5 Å². The molecule has 150 valence electrons. The molecule has 0 aliphatic carbocycles. The minimum atomic E-state index is -0.386. The fraction of sp³-hybridized carbons (Fsp3) is 0. The Balaban J connectivity index is 1.50. The average Bonchev–Trinajstić information content (AvgIpc) is 3.45. The van der Waals surface area contributed by atoms with Crippen LogP contribution in [-0.4, -0.2) is 24.5 Å². The molecule has 0 saturated heterocycles. The smallest absolute Gasteiger partial charge is 0.256 e. The first-order valence-corrected chi connectivity index (χ1v) is 10.4. The number of hydrogen-bond acceptors (Lipinski definition) is 4. The lowest BCUT2D eigenvalue weighted by molar-refractivity contribution is 0.630. The third-order valence-corrected chi connectivity index (χ3v) is 6.17. The van der Waals surface area contributed by atoms with Gasteiger partial charge >= 0.3 is 0 Å². The van der Waals surface area contributed by atoms with E-state index < -0.39 is 0 Å². The predicted molar refractivity (Wildman–Crippen MR) is 119 cm³/mol. The number of H-pyrrole nitrogens is 2. The normalized spacial score (nSPS) is 11.6. The summed E-state index contributed by atoms with van der Waals surface area (Å²) in [5.74, 6) is -0.386. The Morgan fingerprint density at radius 1 is 1.00 bits per heavy atom. The van der Waals surface area contributed by atoms with E-state index in [1.54, 1.807) is 30.9 Å². The molecule has 0 fully saturated rings. The number of benzene rings is 3. The fourth-order valence-electron chi connectivity index (χ4n) is 3.88. The summed E-state index contributed by atoms with van der Waals surface area (Å²) in [6, 6.07) is 14.3. The summed E-state index contributed by atoms with van der Waals surface area (Å²) in [6.07, 6.45) is 6.97. The summed E-state index contributed by atoms with van der Waals surface area (Å²) in [7, 11) is 0. The molecule has 0 amide bonds. The summed E-state index contributed by atoms with van der Waals surface area (Å²) >= 11 is 1.49. The van der Waals surface area contributed by atoms with Crippen LogP contribution in [0.15, 0.2) is 88.3 Å². The highest BCUT2D eigenvalue weighted by atomic mass is 32.2. The van der Waals surface area contributed by atoms with E-state index in [0.717, 1.165) is 21.5 Å². The van der Waals surface area contributed by atoms with Crippen molar-refractivity contribution in [3.8, 4) is 5.69 Å². The van der Waals surface area contributed by atoms with Crippen LogP contribution >= 0.6 is 11.8 Å². The molecule has 0 aliphatic heterocycles. The number of rotatable bonds is 3. The molecule has 3 aromatic heterocycles. The number of imidazole rings is 2. The highest BCUT2D eigenvalue weighted by Crippen LogP contribution is 2.35. The molecule has 6 rings (SSSR count). The van der Waals surface area contributed by atoms with Crippen molar-refractivity contribution < 1.29 is 4.39 Å². The van der Waals surface area contributed by atoms with Crippen LogP contribution < -0.4 is 5.56 Å². The Labute approximate surface area is 178 Å². The van der Waals surface area contributed by atoms with Crippen molar-refractivity contribution in [3.63, 3.8) is 0 Å². The van der Waals surface area contributed by atoms with Crippen LogP contribution in [0.1, 0.15) is 0 Å². The molecule has 31 heavy (non-hydrogen) atoms. The standard InChI is InChI=1S/C23H14FN5OS/c24-13-1-6-16-18(11-13)19-17(7-8-26-22(19)30)21-20(16)27-23(28-21)31-15-4-2-14(3-5-15)29-10-9-25-12-29/h1-12H,(H,26,30)(H,27,28). The van der Waals surface area contributed by atoms with Crippen LogP contribution in [0.5, 0.6) is 0 Å². The molecule has 0 aliphatic rings. The Morgan fingerprint density at radius 2 is 1.87 bits per heavy atom. The highest BCUT2D eigenvalue weighted by Gasteiger charge is 2.16. The molecule has 0 bridgehead atoms. The van der Waals surface area contributed by atoms with Crippen LogP contribution in [0.3, 0.4) is 0 Å². The van der Waals surface area contributed by atoms with Crippen LogP contribution in [0.2, 0.25) is 0 Å². The summed E-state index contributed by atoms with van der Waals surface area (Å²) in [5, 5.41) is 3.15. The molecule has 6 nitrogen and oxygen atoms in total. The molecule has 0 atom stereocenters. The van der Waals surface area contributed by atoms with Crippen molar-refractivity contribution in [2.24, 2.45) is 0 Å². The number of hydrogen-bond donors (Lipinski definition) is 2. The van der Waals surface area contributed by atoms with Crippen molar-refractivity contribution in [3.05, 3.63) is 89.6 Å². The monoisotopic (exact) mass is 427 g/mol. The van der Waals surface area contributed by atoms with Gasteiger partial charge in [-0.15, -0.1) is 0 Å². The first-order valence-electron chi connectivity index (χ1n) is 9.56. The minimum Gasteiger partial charge on any atom is -0.332 e. The van der Waals surface area contributed by atoms with Gasteiger partial charge < -0.3 is 14.5 Å². The molecule has 3 heterocycles. The van der Waals surface area contributed by atoms with Gasteiger partial charge in [0.05, 0.1) is 22.7 Å². The molecular formula is C23H14FN5OS. The minimum absolute atomic E-state index is 0.262. The van der Waals surface area contributed by atoms with E-state index >= 15 is 0 Å². The Bertz CT molecular complexity index is 1640. The first kappa shape index (κ1) is 17.9. The lowest BCUT2D eigenvalue weighted by Crippen LogP contribution is -2.05. The maximum Gasteiger partial charge on any atom is 0.256 e. The second kappa shape index (κ2) is 6.82. The molecule has 3 aromatic carbocycles. The molecule has 0 saturated carbocycles. The van der Waals surface area contributed by atoms with Crippen molar-refractivity contribution >= 4 is 44.3 Å². The van der Waals surface area contributed by atoms with Crippen LogP contribution in [0.4, 0.5) is 4.39 Å². The number of nitrogens with one attached hydrogen (secondary N) is 2. The van der Waals surface area contributed by atoms with E-state index in [4.69, 9.17) is 4.98 Å². The van der Waals surface area contributed by atoms with Gasteiger partial charge in [-0.3, -0.25) is 4.79 Å². The van der Waals surface area contributed by atoms with Gasteiger partial charge in [-0.1, -0.05) is 11.8 Å². The zero-order chi connectivity index (χ0) is 20.9. The molecule has 0 spiro atoms. The van der Waals surface area contributed by atoms with Gasteiger partial charge in [0.25, 0.3) is 5.56 Å². The zero-order valence-corrected chi connectivity index (χ0v) is 16.8. The van der Waals surface area contributed by atoms with Crippen LogP contribution in [-0.2, 0) is 0 Å². The predicted octanol–water partition coefficient (Wildman–Crippen LogP) is 5.03. The maximum atomic E-state index is 14.0. The fourth-order valence-corrected chi connectivity index (χ4v) is 4.67. The summed E-state index contributed by atoms with van der Waals surface area (Å²) in [6.45, 7) is 0. The third-order valence-electron chi connectivity index (χ3n) is 5.27. The van der Waals surface area contributed by atoms with Gasteiger partial charge in [0.15, 0.2) is 5.16 Å². The van der Waals surface area contributed by atoms with Gasteiger partial charge in [-0.2, -0.15) is 0 Å². The topological polar surface area (TPSA) is 79.4 Å². The SMILES string of the molecule is O=c1[nH]ccc2c3nc(Sc4ccc(-n5ccnc5)cc4)[nH]c3c3ccc(F)cc3c12. The zero-order valence-electron chi connectivity index (χ0n) is 16.0. The van der Waals surface area contributed by atoms with Crippen molar-refractivity contribution in [2.45, 2.75) is 10.1 Å². The maximum absolute atomic E-state index is 14.0. The molecule has 8 heteroatoms. The van der Waals surface area contributed by atoms with E-state index in [2.05, 4.69) is 15.0 Å². The quantitative estimate of drug-likeness (QED) is 0.388. The van der Waals surface area contributed by atoms with Crippen LogP contribution in [0.25, 0.3) is 38.3 Å². The lowest BCUT2D eigenvalue weighted by Gasteiger charge is -2.05. The van der Waals surface area contributed by atoms with E-state index in [1.165, 1.54) is 23.9 Å². The van der Waals surface area contributed by atoms with Gasteiger partial charge in [0, 0.05) is 45.3 Å². The molecule has 0 radical (unpaired) electrons. The Morgan fingerprint density at radius 3 is 2.68 bits per heavy atom. The van der Waals surface area contributed by atoms with Gasteiger partial charge in [0.2, 0.25) is 0 Å². The molecule has 2 N–H and O–H groups in total.